The van der Waals surface area contributed by atoms with Crippen LogP contribution in [0.15, 0.2) is 29.2 Å². The lowest BCUT2D eigenvalue weighted by Gasteiger charge is -2.07. The number of methoxy groups -OCH3 is 1. The molecule has 5 nitrogen and oxygen atoms in total. The lowest BCUT2D eigenvalue weighted by atomic mass is 10.1. The number of nitrogens with one attached hydrogen (secondary N) is 1. The number of ether oxygens (including phenoxy) is 1. The maximum absolute atomic E-state index is 12.1. The molecule has 0 radical (unpaired) electrons. The summed E-state index contributed by atoms with van der Waals surface area (Å²) >= 11 is 0. The van der Waals surface area contributed by atoms with E-state index >= 15 is 0 Å². The average Bonchev–Trinajstić information content (AvgIpc) is 3.31. The van der Waals surface area contributed by atoms with Crippen LogP contribution in [0.25, 0.3) is 0 Å². The van der Waals surface area contributed by atoms with Gasteiger partial charge >= 0.3 is 0 Å². The fraction of sp³-hybridized carbons (Fsp3) is 0.533. The number of hydrogen-bond donors (Lipinski definition) is 1. The average molecular weight is 311 g/mol. The number of carbonyl (C=O) groups is 1. The second-order valence-corrected chi connectivity index (χ2v) is 7.03. The molecule has 1 aromatic rings. The first-order chi connectivity index (χ1) is 10.0. The molecule has 1 aliphatic rings. The Kier molecular flexibility index (Phi) is 5.50. The Bertz CT molecular complexity index is 576. The fourth-order valence-corrected chi connectivity index (χ4v) is 3.11. The van der Waals surface area contributed by atoms with Gasteiger partial charge in [-0.2, -0.15) is 0 Å². The Hall–Kier alpha value is -1.24. The minimum Gasteiger partial charge on any atom is -0.385 e. The molecule has 0 atom stereocenters. The number of rotatable bonds is 9. The summed E-state index contributed by atoms with van der Waals surface area (Å²) in [6.07, 6.45) is 3.43. The predicted molar refractivity (Wildman–Crippen MR) is 79.8 cm³/mol. The molecule has 6 heteroatoms. The molecule has 0 aromatic heterocycles. The summed E-state index contributed by atoms with van der Waals surface area (Å²) in [5, 5.41) is 0. The van der Waals surface area contributed by atoms with E-state index in [4.69, 9.17) is 4.74 Å². The zero-order valence-corrected chi connectivity index (χ0v) is 13.0. The van der Waals surface area contributed by atoms with E-state index in [2.05, 4.69) is 4.72 Å². The van der Waals surface area contributed by atoms with Crippen molar-refractivity contribution in [2.75, 3.05) is 20.3 Å². The van der Waals surface area contributed by atoms with Gasteiger partial charge in [0.2, 0.25) is 10.0 Å². The third kappa shape index (κ3) is 4.62. The largest absolute Gasteiger partial charge is 0.385 e. The van der Waals surface area contributed by atoms with Crippen LogP contribution in [-0.4, -0.2) is 34.5 Å². The number of benzene rings is 1. The van der Waals surface area contributed by atoms with E-state index in [-0.39, 0.29) is 16.6 Å². The molecule has 0 heterocycles. The van der Waals surface area contributed by atoms with Gasteiger partial charge in [-0.05, 0) is 37.8 Å². The van der Waals surface area contributed by atoms with Crippen LogP contribution in [0.1, 0.15) is 36.0 Å². The van der Waals surface area contributed by atoms with Crippen molar-refractivity contribution in [2.45, 2.75) is 30.6 Å². The highest BCUT2D eigenvalue weighted by atomic mass is 32.2. The second kappa shape index (κ2) is 7.15. The first-order valence-electron chi connectivity index (χ1n) is 7.17. The van der Waals surface area contributed by atoms with Crippen molar-refractivity contribution >= 4 is 15.8 Å². The summed E-state index contributed by atoms with van der Waals surface area (Å²) in [5.74, 6) is 0.262. The van der Waals surface area contributed by atoms with Gasteiger partial charge in [-0.3, -0.25) is 4.79 Å². The van der Waals surface area contributed by atoms with E-state index in [1.807, 2.05) is 0 Å². The molecule has 0 spiro atoms. The highest BCUT2D eigenvalue weighted by Gasteiger charge is 2.30. The van der Waals surface area contributed by atoms with Gasteiger partial charge in [0.1, 0.15) is 0 Å². The van der Waals surface area contributed by atoms with E-state index in [0.29, 0.717) is 18.7 Å². The van der Waals surface area contributed by atoms with E-state index < -0.39 is 10.0 Å². The molecule has 1 aliphatic carbocycles. The van der Waals surface area contributed by atoms with Crippen LogP contribution in [0, 0.1) is 5.92 Å². The standard InChI is InChI=1S/C15H21NO4S/c1-20-11-3-2-10-16-21(18,19)14-8-6-13(7-9-14)15(17)12-4-5-12/h6-9,12,16H,2-5,10-11H2,1H3. The number of Topliss-reactive ketones (excluding diaryl/α,β-unsaturated/α-hetero) is 1. The zero-order valence-electron chi connectivity index (χ0n) is 12.2. The van der Waals surface area contributed by atoms with Crippen LogP contribution in [0.4, 0.5) is 0 Å². The molecule has 116 valence electrons. The molecule has 2 rings (SSSR count). The lowest BCUT2D eigenvalue weighted by molar-refractivity contribution is 0.0967. The first-order valence-corrected chi connectivity index (χ1v) is 8.66. The van der Waals surface area contributed by atoms with Crippen molar-refractivity contribution in [3.63, 3.8) is 0 Å². The van der Waals surface area contributed by atoms with Crippen LogP contribution >= 0.6 is 0 Å². The summed E-state index contributed by atoms with van der Waals surface area (Å²) in [4.78, 5) is 12.1. The predicted octanol–water partition coefficient (Wildman–Crippen LogP) is 1.98. The van der Waals surface area contributed by atoms with Gasteiger partial charge in [0.25, 0.3) is 0 Å². The zero-order chi connectivity index (χ0) is 15.3. The Morgan fingerprint density at radius 2 is 1.90 bits per heavy atom. The molecule has 0 aliphatic heterocycles. The van der Waals surface area contributed by atoms with Gasteiger partial charge in [0.05, 0.1) is 4.90 Å². The summed E-state index contributed by atoms with van der Waals surface area (Å²) in [5.41, 5.74) is 0.594. The van der Waals surface area contributed by atoms with Crippen molar-refractivity contribution in [1.82, 2.24) is 4.72 Å². The number of sulfonamides is 1. The van der Waals surface area contributed by atoms with Gasteiger partial charge in [-0.25, -0.2) is 13.1 Å². The summed E-state index contributed by atoms with van der Waals surface area (Å²) in [6.45, 7) is 1.01. The Labute approximate surface area is 125 Å². The number of carbonyl (C=O) groups excluding carboxylic acids is 1. The summed E-state index contributed by atoms with van der Waals surface area (Å²) in [6, 6.07) is 6.18. The molecule has 1 aromatic carbocycles. The van der Waals surface area contributed by atoms with Gasteiger partial charge in [0.15, 0.2) is 5.78 Å². The highest BCUT2D eigenvalue weighted by Crippen LogP contribution is 2.32. The van der Waals surface area contributed by atoms with Crippen molar-refractivity contribution in [3.05, 3.63) is 29.8 Å². The topological polar surface area (TPSA) is 72.5 Å². The minimum atomic E-state index is -3.50. The molecule has 0 unspecified atom stereocenters. The normalized spacial score (nSPS) is 15.1. The van der Waals surface area contributed by atoms with E-state index in [0.717, 1.165) is 25.7 Å². The summed E-state index contributed by atoms with van der Waals surface area (Å²) in [7, 11) is -1.88. The molecule has 1 fully saturated rings. The minimum absolute atomic E-state index is 0.117. The molecule has 21 heavy (non-hydrogen) atoms. The van der Waals surface area contributed by atoms with Crippen LogP contribution in [0.3, 0.4) is 0 Å². The number of ketones is 1. The fourth-order valence-electron chi connectivity index (χ4n) is 2.04. The van der Waals surface area contributed by atoms with Gasteiger partial charge in [0, 0.05) is 31.7 Å². The molecule has 0 bridgehead atoms. The molecular weight excluding hydrogens is 290 g/mol. The first kappa shape index (κ1) is 16.1. The van der Waals surface area contributed by atoms with Crippen molar-refractivity contribution < 1.29 is 17.9 Å². The summed E-state index contributed by atoms with van der Waals surface area (Å²) < 4.78 is 31.6. The third-order valence-corrected chi connectivity index (χ3v) is 4.94. The molecule has 0 amide bonds. The number of hydrogen-bond acceptors (Lipinski definition) is 4. The maximum Gasteiger partial charge on any atom is 0.240 e. The molecule has 1 N–H and O–H groups in total. The van der Waals surface area contributed by atoms with Crippen LogP contribution < -0.4 is 4.72 Å². The third-order valence-electron chi connectivity index (χ3n) is 3.46. The smallest absolute Gasteiger partial charge is 0.240 e. The van der Waals surface area contributed by atoms with E-state index in [1.165, 1.54) is 12.1 Å². The molecular formula is C15H21NO4S. The molecule has 0 saturated heterocycles. The monoisotopic (exact) mass is 311 g/mol. The van der Waals surface area contributed by atoms with Crippen LogP contribution in [0.5, 0.6) is 0 Å². The van der Waals surface area contributed by atoms with Crippen LogP contribution in [-0.2, 0) is 14.8 Å². The SMILES string of the molecule is COCCCCNS(=O)(=O)c1ccc(C(=O)C2CC2)cc1. The van der Waals surface area contributed by atoms with Crippen LogP contribution in [0.2, 0.25) is 0 Å². The van der Waals surface area contributed by atoms with Gasteiger partial charge in [-0.15, -0.1) is 0 Å². The van der Waals surface area contributed by atoms with Crippen molar-refractivity contribution in [2.24, 2.45) is 5.92 Å². The molecule has 1 saturated carbocycles. The van der Waals surface area contributed by atoms with Gasteiger partial charge < -0.3 is 4.74 Å². The van der Waals surface area contributed by atoms with Gasteiger partial charge in [-0.1, -0.05) is 12.1 Å². The Morgan fingerprint density at radius 3 is 2.48 bits per heavy atom. The number of unbranched alkanes of at least 4 members (excludes halogenated alkanes) is 1. The quantitative estimate of drug-likeness (QED) is 0.559. The maximum atomic E-state index is 12.1. The Morgan fingerprint density at radius 1 is 1.24 bits per heavy atom. The van der Waals surface area contributed by atoms with Crippen molar-refractivity contribution in [3.8, 4) is 0 Å². The lowest BCUT2D eigenvalue weighted by Crippen LogP contribution is -2.25. The highest BCUT2D eigenvalue weighted by molar-refractivity contribution is 7.89. The van der Waals surface area contributed by atoms with E-state index in [1.54, 1.807) is 19.2 Å². The Balaban J connectivity index is 1.91. The van der Waals surface area contributed by atoms with Crippen molar-refractivity contribution in [1.29, 1.82) is 0 Å². The second-order valence-electron chi connectivity index (χ2n) is 5.26. The van der Waals surface area contributed by atoms with E-state index in [9.17, 15) is 13.2 Å².